The third-order valence-corrected chi connectivity index (χ3v) is 7.41. The number of fused-ring (bicyclic) bond motifs is 1. The molecule has 3 rings (SSSR count). The Kier molecular flexibility index (Phi) is 12.5. The van der Waals surface area contributed by atoms with Crippen LogP contribution < -0.4 is 17.2 Å². The zero-order valence-corrected chi connectivity index (χ0v) is 26.1. The lowest BCUT2D eigenvalue weighted by atomic mass is 10.0. The topological polar surface area (TPSA) is 162 Å². The van der Waals surface area contributed by atoms with Gasteiger partial charge in [-0.1, -0.05) is 71.7 Å². The number of carbonyl (C=O) groups excluding carboxylic acids is 2. The van der Waals surface area contributed by atoms with Crippen molar-refractivity contribution in [2.24, 2.45) is 23.3 Å². The summed E-state index contributed by atoms with van der Waals surface area (Å²) in [5.41, 5.74) is 13.6. The third-order valence-electron chi connectivity index (χ3n) is 7.41. The lowest BCUT2D eigenvalue weighted by molar-refractivity contribution is -0.169. The minimum Gasteiger partial charge on any atom is -0.462 e. The second kappa shape index (κ2) is 15.8. The highest BCUT2D eigenvalue weighted by atomic mass is 16.6. The molecule has 0 aliphatic rings. The van der Waals surface area contributed by atoms with Gasteiger partial charge in [0, 0.05) is 11.8 Å². The number of hydrogen-bond donors (Lipinski definition) is 2. The molecule has 3 aromatic rings. The molecule has 4 atom stereocenters. The van der Waals surface area contributed by atoms with E-state index in [-0.39, 0.29) is 30.9 Å². The van der Waals surface area contributed by atoms with Crippen molar-refractivity contribution in [3.63, 3.8) is 0 Å². The highest BCUT2D eigenvalue weighted by molar-refractivity contribution is 5.79. The van der Waals surface area contributed by atoms with Crippen molar-refractivity contribution >= 4 is 23.0 Å². The highest BCUT2D eigenvalue weighted by Crippen LogP contribution is 2.26. The molecule has 1 aromatic carbocycles. The molecule has 0 spiro atoms. The van der Waals surface area contributed by atoms with Gasteiger partial charge >= 0.3 is 17.6 Å². The van der Waals surface area contributed by atoms with E-state index in [2.05, 4.69) is 24.0 Å². The predicted molar refractivity (Wildman–Crippen MR) is 164 cm³/mol. The number of aromatic nitrogens is 2. The maximum absolute atomic E-state index is 12.8. The summed E-state index contributed by atoms with van der Waals surface area (Å²) in [4.78, 5) is 41.8. The zero-order valence-electron chi connectivity index (χ0n) is 26.1. The quantitative estimate of drug-likeness (QED) is 0.181. The van der Waals surface area contributed by atoms with Crippen molar-refractivity contribution in [2.45, 2.75) is 98.2 Å². The van der Waals surface area contributed by atoms with Crippen LogP contribution in [0.25, 0.3) is 22.4 Å². The number of nitrogens with two attached hydrogens (primary N) is 2. The molecule has 0 aliphatic carbocycles. The molecule has 4 N–H and O–H groups in total. The number of nitrogens with zero attached hydrogens (tertiary/aromatic N) is 2. The molecule has 0 radical (unpaired) electrons. The van der Waals surface area contributed by atoms with Crippen molar-refractivity contribution < 1.29 is 28.2 Å². The van der Waals surface area contributed by atoms with Gasteiger partial charge in [0.2, 0.25) is 5.71 Å². The highest BCUT2D eigenvalue weighted by Gasteiger charge is 2.29. The molecule has 11 heteroatoms. The van der Waals surface area contributed by atoms with Crippen molar-refractivity contribution in [3.8, 4) is 11.3 Å². The van der Waals surface area contributed by atoms with Gasteiger partial charge in [-0.05, 0) is 43.2 Å². The smallest absolute Gasteiger partial charge is 0.352 e. The van der Waals surface area contributed by atoms with Crippen LogP contribution in [0.2, 0.25) is 0 Å². The number of aryl methyl sites for hydroxylation is 1. The normalized spacial score (nSPS) is 14.6. The first kappa shape index (κ1) is 34.0. The molecule has 0 aliphatic heterocycles. The Labute approximate surface area is 252 Å². The van der Waals surface area contributed by atoms with E-state index in [4.69, 9.17) is 30.1 Å². The van der Waals surface area contributed by atoms with Gasteiger partial charge in [0.05, 0.1) is 5.39 Å². The largest absolute Gasteiger partial charge is 0.462 e. The van der Waals surface area contributed by atoms with Crippen molar-refractivity contribution in [3.05, 3.63) is 52.6 Å². The van der Waals surface area contributed by atoms with Crippen LogP contribution in [-0.2, 0) is 37.0 Å². The van der Waals surface area contributed by atoms with E-state index < -0.39 is 41.9 Å². The van der Waals surface area contributed by atoms with Gasteiger partial charge in [-0.2, -0.15) is 4.98 Å². The number of furan rings is 1. The van der Waals surface area contributed by atoms with Crippen LogP contribution in [0.3, 0.4) is 0 Å². The molecule has 3 unspecified atom stereocenters. The molecular weight excluding hydrogens is 552 g/mol. The van der Waals surface area contributed by atoms with E-state index >= 15 is 0 Å². The van der Waals surface area contributed by atoms with Crippen LogP contribution in [0.4, 0.5) is 0 Å². The number of carbonyl (C=O) groups is 2. The number of esters is 2. The van der Waals surface area contributed by atoms with Crippen LogP contribution in [0.15, 0.2) is 45.7 Å². The second-order valence-electron chi connectivity index (χ2n) is 11.7. The summed E-state index contributed by atoms with van der Waals surface area (Å²) in [5.74, 6) is -0.899. The molecule has 0 saturated carbocycles. The van der Waals surface area contributed by atoms with Crippen molar-refractivity contribution in [2.75, 3.05) is 6.61 Å². The predicted octanol–water partition coefficient (Wildman–Crippen LogP) is 4.17. The first-order valence-electron chi connectivity index (χ1n) is 15.0. The Morgan fingerprint density at radius 1 is 0.977 bits per heavy atom. The summed E-state index contributed by atoms with van der Waals surface area (Å²) in [5, 5.41) is 0.610. The first-order valence-corrected chi connectivity index (χ1v) is 15.0. The average Bonchev–Trinajstić information content (AvgIpc) is 3.38. The molecular formula is C32H46N4O7. The van der Waals surface area contributed by atoms with Gasteiger partial charge in [-0.15, -0.1) is 0 Å². The summed E-state index contributed by atoms with van der Waals surface area (Å²) in [6.45, 7) is 10.5. The Bertz CT molecular complexity index is 1400. The third kappa shape index (κ3) is 9.47. The van der Waals surface area contributed by atoms with Gasteiger partial charge in [0.25, 0.3) is 0 Å². The minimum atomic E-state index is -0.912. The number of hydrogen-bond acceptors (Lipinski definition) is 10. The molecule has 0 bridgehead atoms. The van der Waals surface area contributed by atoms with Crippen LogP contribution >= 0.6 is 0 Å². The van der Waals surface area contributed by atoms with E-state index in [1.165, 1.54) is 23.0 Å². The standard InChI is InChI=1S/C32H46N4O7/c1-7-8-9-10-22-11-13-23(14-12-22)25-15-24-16-36(32(39)35-29(24)43-25)18-41-26(17-40-30(37)27(33)19(2)3)21(6)42-31(38)28(34)20(4)5/h11-16,19-21,26-28H,7-10,17-18,33-34H2,1-6H3/t21?,26-,27?,28?/m1/s1. The van der Waals surface area contributed by atoms with E-state index in [9.17, 15) is 14.4 Å². The lowest BCUT2D eigenvalue weighted by Gasteiger charge is -2.26. The fraction of sp³-hybridized carbons (Fsp3) is 0.562. The molecule has 0 saturated heterocycles. The van der Waals surface area contributed by atoms with E-state index in [0.29, 0.717) is 11.1 Å². The van der Waals surface area contributed by atoms with E-state index in [1.807, 2.05) is 18.2 Å². The van der Waals surface area contributed by atoms with Crippen LogP contribution in [0.1, 0.15) is 66.4 Å². The van der Waals surface area contributed by atoms with E-state index in [0.717, 1.165) is 18.4 Å². The van der Waals surface area contributed by atoms with Gasteiger partial charge < -0.3 is 30.1 Å². The monoisotopic (exact) mass is 598 g/mol. The summed E-state index contributed by atoms with van der Waals surface area (Å²) in [6, 6.07) is 8.33. The van der Waals surface area contributed by atoms with Crippen molar-refractivity contribution in [1.29, 1.82) is 0 Å². The number of rotatable bonds is 16. The Hall–Kier alpha value is -3.54. The molecule has 2 heterocycles. The Morgan fingerprint density at radius 2 is 1.63 bits per heavy atom. The average molecular weight is 599 g/mol. The number of ether oxygens (including phenoxy) is 3. The number of unbranched alkanes of at least 4 members (excludes halogenated alkanes) is 2. The molecule has 43 heavy (non-hydrogen) atoms. The van der Waals surface area contributed by atoms with Gasteiger partial charge in [0.1, 0.15) is 43.4 Å². The van der Waals surface area contributed by atoms with Crippen LogP contribution in [-0.4, -0.2) is 52.4 Å². The maximum Gasteiger partial charge on any atom is 0.352 e. The molecule has 236 valence electrons. The fourth-order valence-corrected chi connectivity index (χ4v) is 4.24. The van der Waals surface area contributed by atoms with Crippen LogP contribution in [0, 0.1) is 11.8 Å². The summed E-state index contributed by atoms with van der Waals surface area (Å²) >= 11 is 0. The molecule has 0 fully saturated rings. The maximum atomic E-state index is 12.8. The van der Waals surface area contributed by atoms with Gasteiger partial charge in [-0.3, -0.25) is 14.2 Å². The second-order valence-corrected chi connectivity index (χ2v) is 11.7. The zero-order chi connectivity index (χ0) is 31.7. The van der Waals surface area contributed by atoms with E-state index in [1.54, 1.807) is 40.8 Å². The summed E-state index contributed by atoms with van der Waals surface area (Å²) in [7, 11) is 0. The molecule has 11 nitrogen and oxygen atoms in total. The molecule has 0 amide bonds. The van der Waals surface area contributed by atoms with Crippen molar-refractivity contribution in [1.82, 2.24) is 9.55 Å². The summed E-state index contributed by atoms with van der Waals surface area (Å²) < 4.78 is 24.0. The first-order chi connectivity index (χ1) is 20.4. The SMILES string of the molecule is CCCCCc1ccc(-c2cc3cn(CO[C@H](COC(=O)C(N)C(C)C)C(C)OC(=O)C(N)C(C)C)c(=O)nc3o2)cc1. The van der Waals surface area contributed by atoms with Gasteiger partial charge in [0.15, 0.2) is 0 Å². The lowest BCUT2D eigenvalue weighted by Crippen LogP contribution is -2.44. The minimum absolute atomic E-state index is 0.133. The molecule has 2 aromatic heterocycles. The number of benzene rings is 1. The van der Waals surface area contributed by atoms with Crippen LogP contribution in [0.5, 0.6) is 0 Å². The Balaban J connectivity index is 1.75. The van der Waals surface area contributed by atoms with Gasteiger partial charge in [-0.25, -0.2) is 4.79 Å². The summed E-state index contributed by atoms with van der Waals surface area (Å²) in [6.07, 6.45) is 4.38. The fourth-order valence-electron chi connectivity index (χ4n) is 4.24. The Morgan fingerprint density at radius 3 is 2.26 bits per heavy atom.